The molecule has 0 fully saturated rings. The molecule has 3 rings (SSSR count). The smallest absolute Gasteiger partial charge is 0.287 e. The van der Waals surface area contributed by atoms with E-state index in [1.165, 1.54) is 12.3 Å². The zero-order valence-electron chi connectivity index (χ0n) is 12.6. The van der Waals surface area contributed by atoms with Crippen molar-refractivity contribution in [1.82, 2.24) is 9.97 Å². The van der Waals surface area contributed by atoms with Crippen LogP contribution in [-0.4, -0.2) is 14.9 Å². The number of benzene rings is 1. The second-order valence-corrected chi connectivity index (χ2v) is 4.92. The third-order valence-electron chi connectivity index (χ3n) is 3.18. The monoisotopic (exact) mass is 322 g/mol. The first kappa shape index (κ1) is 15.4. The molecule has 2 aromatic heterocycles. The van der Waals surface area contributed by atoms with Gasteiger partial charge >= 0.3 is 0 Å². The topological polar surface area (TPSA) is 90.2 Å². The predicted molar refractivity (Wildman–Crippen MR) is 89.2 cm³/mol. The van der Waals surface area contributed by atoms with Crippen LogP contribution in [-0.2, 0) is 6.61 Å². The van der Waals surface area contributed by atoms with E-state index in [2.05, 4.69) is 15.3 Å². The van der Waals surface area contributed by atoms with Gasteiger partial charge in [-0.1, -0.05) is 12.1 Å². The molecule has 0 saturated heterocycles. The Morgan fingerprint density at radius 1 is 1.08 bits per heavy atom. The second kappa shape index (κ2) is 7.19. The Hall–Kier alpha value is -3.48. The first-order chi connectivity index (χ1) is 11.7. The maximum atomic E-state index is 10.6. The minimum atomic E-state index is -0.483. The highest BCUT2D eigenvalue weighted by molar-refractivity contribution is 5.58. The molecule has 7 heteroatoms. The van der Waals surface area contributed by atoms with Gasteiger partial charge < -0.3 is 10.1 Å². The van der Waals surface area contributed by atoms with Crippen molar-refractivity contribution >= 4 is 17.2 Å². The Bertz CT molecular complexity index is 823. The number of nitro groups is 1. The molecule has 0 aliphatic carbocycles. The molecule has 3 aromatic rings. The molecule has 0 aliphatic rings. The van der Waals surface area contributed by atoms with Crippen molar-refractivity contribution in [2.45, 2.75) is 6.61 Å². The molecule has 1 aromatic carbocycles. The summed E-state index contributed by atoms with van der Waals surface area (Å²) in [6.07, 6.45) is 2.93. The van der Waals surface area contributed by atoms with E-state index in [0.717, 1.165) is 11.4 Å². The maximum Gasteiger partial charge on any atom is 0.287 e. The van der Waals surface area contributed by atoms with Gasteiger partial charge in [0.1, 0.15) is 24.4 Å². The van der Waals surface area contributed by atoms with Gasteiger partial charge in [-0.3, -0.25) is 15.1 Å². The molecular weight excluding hydrogens is 308 g/mol. The van der Waals surface area contributed by atoms with Crippen LogP contribution in [0.2, 0.25) is 0 Å². The summed E-state index contributed by atoms with van der Waals surface area (Å²) < 4.78 is 5.71. The van der Waals surface area contributed by atoms with E-state index >= 15 is 0 Å². The van der Waals surface area contributed by atoms with E-state index < -0.39 is 4.92 Å². The lowest BCUT2D eigenvalue weighted by atomic mass is 10.3. The third kappa shape index (κ3) is 4.04. The number of hydrogen-bond donors (Lipinski definition) is 1. The Labute approximate surface area is 138 Å². The van der Waals surface area contributed by atoms with Crippen molar-refractivity contribution in [3.8, 4) is 5.75 Å². The SMILES string of the molecule is O=[N+]([O-])c1ccc(Nc2cccc(OCc3ccccn3)c2)nc1. The molecule has 0 aliphatic heterocycles. The van der Waals surface area contributed by atoms with Gasteiger partial charge in [0, 0.05) is 24.0 Å². The van der Waals surface area contributed by atoms with E-state index in [0.29, 0.717) is 18.2 Å². The summed E-state index contributed by atoms with van der Waals surface area (Å²) in [5.41, 5.74) is 1.57. The number of rotatable bonds is 6. The van der Waals surface area contributed by atoms with E-state index in [1.807, 2.05) is 42.5 Å². The zero-order valence-corrected chi connectivity index (χ0v) is 12.6. The van der Waals surface area contributed by atoms with Crippen LogP contribution in [0.1, 0.15) is 5.69 Å². The van der Waals surface area contributed by atoms with Crippen LogP contribution in [0, 0.1) is 10.1 Å². The number of anilines is 2. The highest BCUT2D eigenvalue weighted by Crippen LogP contribution is 2.22. The van der Waals surface area contributed by atoms with Gasteiger partial charge in [-0.15, -0.1) is 0 Å². The Morgan fingerprint density at radius 2 is 2.00 bits per heavy atom. The van der Waals surface area contributed by atoms with Gasteiger partial charge in [0.15, 0.2) is 0 Å². The third-order valence-corrected chi connectivity index (χ3v) is 3.18. The maximum absolute atomic E-state index is 10.6. The second-order valence-electron chi connectivity index (χ2n) is 4.92. The standard InChI is InChI=1S/C17H14N4O3/c22-21(23)15-7-8-17(19-11-15)20-13-5-3-6-16(10-13)24-12-14-4-1-2-9-18-14/h1-11H,12H2,(H,19,20). The van der Waals surface area contributed by atoms with Crippen molar-refractivity contribution in [3.05, 3.63) is 82.8 Å². The van der Waals surface area contributed by atoms with E-state index in [9.17, 15) is 10.1 Å². The molecular formula is C17H14N4O3. The summed E-state index contributed by atoms with van der Waals surface area (Å²) in [4.78, 5) is 18.4. The molecule has 1 N–H and O–H groups in total. The molecule has 0 amide bonds. The lowest BCUT2D eigenvalue weighted by Gasteiger charge is -2.09. The number of ether oxygens (including phenoxy) is 1. The van der Waals surface area contributed by atoms with Gasteiger partial charge in [0.25, 0.3) is 5.69 Å². The fourth-order valence-electron chi connectivity index (χ4n) is 2.02. The number of pyridine rings is 2. The van der Waals surface area contributed by atoms with Crippen molar-refractivity contribution in [2.75, 3.05) is 5.32 Å². The zero-order chi connectivity index (χ0) is 16.8. The number of nitrogens with one attached hydrogen (secondary N) is 1. The number of nitrogens with zero attached hydrogens (tertiary/aromatic N) is 3. The molecule has 0 spiro atoms. The fourth-order valence-corrected chi connectivity index (χ4v) is 2.02. The molecule has 0 unspecified atom stereocenters. The Morgan fingerprint density at radius 3 is 2.71 bits per heavy atom. The molecule has 0 atom stereocenters. The first-order valence-corrected chi connectivity index (χ1v) is 7.21. The average Bonchev–Trinajstić information content (AvgIpc) is 2.62. The van der Waals surface area contributed by atoms with Crippen LogP contribution >= 0.6 is 0 Å². The van der Waals surface area contributed by atoms with Crippen LogP contribution < -0.4 is 10.1 Å². The summed E-state index contributed by atoms with van der Waals surface area (Å²) in [7, 11) is 0. The van der Waals surface area contributed by atoms with Gasteiger partial charge in [0.05, 0.1) is 10.6 Å². The van der Waals surface area contributed by atoms with Gasteiger partial charge in [-0.2, -0.15) is 0 Å². The lowest BCUT2D eigenvalue weighted by Crippen LogP contribution is -1.99. The number of hydrogen-bond acceptors (Lipinski definition) is 6. The first-order valence-electron chi connectivity index (χ1n) is 7.21. The molecule has 120 valence electrons. The van der Waals surface area contributed by atoms with Crippen LogP contribution in [0.25, 0.3) is 0 Å². The number of aromatic nitrogens is 2. The Balaban J connectivity index is 1.65. The van der Waals surface area contributed by atoms with Crippen molar-refractivity contribution in [3.63, 3.8) is 0 Å². The predicted octanol–water partition coefficient (Wildman–Crippen LogP) is 3.71. The van der Waals surface area contributed by atoms with Crippen LogP contribution in [0.3, 0.4) is 0 Å². The van der Waals surface area contributed by atoms with Crippen LogP contribution in [0.15, 0.2) is 67.0 Å². The van der Waals surface area contributed by atoms with Gasteiger partial charge in [0.2, 0.25) is 0 Å². The highest BCUT2D eigenvalue weighted by atomic mass is 16.6. The van der Waals surface area contributed by atoms with Crippen molar-refractivity contribution < 1.29 is 9.66 Å². The molecule has 0 bridgehead atoms. The molecule has 0 saturated carbocycles. The summed E-state index contributed by atoms with van der Waals surface area (Å²) >= 11 is 0. The van der Waals surface area contributed by atoms with Crippen molar-refractivity contribution in [1.29, 1.82) is 0 Å². The lowest BCUT2D eigenvalue weighted by molar-refractivity contribution is -0.385. The average molecular weight is 322 g/mol. The van der Waals surface area contributed by atoms with E-state index in [4.69, 9.17) is 4.74 Å². The van der Waals surface area contributed by atoms with Crippen LogP contribution in [0.4, 0.5) is 17.2 Å². The normalized spacial score (nSPS) is 10.2. The minimum absolute atomic E-state index is 0.0482. The summed E-state index contributed by atoms with van der Waals surface area (Å²) in [6, 6.07) is 16.0. The van der Waals surface area contributed by atoms with Crippen molar-refractivity contribution in [2.24, 2.45) is 0 Å². The minimum Gasteiger partial charge on any atom is -0.487 e. The summed E-state index contributed by atoms with van der Waals surface area (Å²) in [6.45, 7) is 0.375. The van der Waals surface area contributed by atoms with Gasteiger partial charge in [-0.25, -0.2) is 4.98 Å². The van der Waals surface area contributed by atoms with E-state index in [-0.39, 0.29) is 5.69 Å². The summed E-state index contributed by atoms with van der Waals surface area (Å²) in [5, 5.41) is 13.7. The molecule has 24 heavy (non-hydrogen) atoms. The summed E-state index contributed by atoms with van der Waals surface area (Å²) in [5.74, 6) is 1.20. The van der Waals surface area contributed by atoms with E-state index in [1.54, 1.807) is 12.3 Å². The molecule has 0 radical (unpaired) electrons. The van der Waals surface area contributed by atoms with Crippen LogP contribution in [0.5, 0.6) is 5.75 Å². The highest BCUT2D eigenvalue weighted by Gasteiger charge is 2.05. The Kier molecular flexibility index (Phi) is 4.62. The molecule has 7 nitrogen and oxygen atoms in total. The largest absolute Gasteiger partial charge is 0.487 e. The quantitative estimate of drug-likeness (QED) is 0.549. The molecule has 2 heterocycles. The van der Waals surface area contributed by atoms with Gasteiger partial charge in [-0.05, 0) is 30.3 Å². The fraction of sp³-hybridized carbons (Fsp3) is 0.0588.